The lowest BCUT2D eigenvalue weighted by Crippen LogP contribution is -2.01. The zero-order valence-corrected chi connectivity index (χ0v) is 8.02. The molecule has 1 aliphatic rings. The van der Waals surface area contributed by atoms with Gasteiger partial charge in [-0.1, -0.05) is 18.6 Å². The van der Waals surface area contributed by atoms with E-state index >= 15 is 0 Å². The van der Waals surface area contributed by atoms with Crippen LogP contribution in [0, 0.1) is 0 Å². The molecule has 12 heavy (non-hydrogen) atoms. The van der Waals surface area contributed by atoms with Crippen molar-refractivity contribution in [2.75, 3.05) is 0 Å². The molecule has 1 rings (SSSR count). The minimum Gasteiger partial charge on any atom is -0.299 e. The molecule has 1 aliphatic carbocycles. The van der Waals surface area contributed by atoms with Crippen LogP contribution in [-0.2, 0) is 4.79 Å². The fraction of sp³-hybridized carbons (Fsp3) is 0.700. The Morgan fingerprint density at radius 3 is 3.00 bits per heavy atom. The van der Waals surface area contributed by atoms with E-state index < -0.39 is 0 Å². The van der Waals surface area contributed by atoms with Crippen molar-refractivity contribution in [1.29, 1.82) is 0 Å². The molecule has 1 unspecified atom stereocenters. The third kappa shape index (κ3) is 3.91. The lowest BCUT2D eigenvalue weighted by atomic mass is 10.0. The first kappa shape index (κ1) is 9.79. The zero-order chi connectivity index (χ0) is 8.81. The van der Waals surface area contributed by atoms with Gasteiger partial charge in [0.15, 0.2) is 0 Å². The Balaban J connectivity index is 2.39. The number of carbonyl (C=O) groups excluding carboxylic acids is 1. The summed E-state index contributed by atoms with van der Waals surface area (Å²) in [5, 5.41) is 0.273. The standard InChI is InChI=1S/C10H15ClO/c11-9-5-1-3-7-10(12)8-4-2-6-9/h1,3,9H,2,4-8H2/b3-1+. The van der Waals surface area contributed by atoms with Crippen molar-refractivity contribution < 1.29 is 4.79 Å². The number of ketones is 1. The zero-order valence-electron chi connectivity index (χ0n) is 7.26. The topological polar surface area (TPSA) is 17.1 Å². The maximum atomic E-state index is 11.1. The maximum Gasteiger partial charge on any atom is 0.136 e. The Hall–Kier alpha value is -0.300. The average molecular weight is 187 g/mol. The first-order valence-corrected chi connectivity index (χ1v) is 5.03. The van der Waals surface area contributed by atoms with Crippen LogP contribution in [0.15, 0.2) is 12.2 Å². The van der Waals surface area contributed by atoms with Crippen LogP contribution in [0.25, 0.3) is 0 Å². The highest BCUT2D eigenvalue weighted by molar-refractivity contribution is 6.20. The van der Waals surface area contributed by atoms with E-state index in [2.05, 4.69) is 0 Å². The molecule has 0 amide bonds. The van der Waals surface area contributed by atoms with Crippen molar-refractivity contribution in [2.24, 2.45) is 0 Å². The third-order valence-corrected chi connectivity index (χ3v) is 2.52. The summed E-state index contributed by atoms with van der Waals surface area (Å²) in [7, 11) is 0. The minimum atomic E-state index is 0.273. The van der Waals surface area contributed by atoms with Crippen molar-refractivity contribution >= 4 is 17.4 Å². The number of allylic oxidation sites excluding steroid dienone is 2. The Bertz CT molecular complexity index is 175. The average Bonchev–Trinajstić information content (AvgIpc) is 2.06. The predicted molar refractivity (Wildman–Crippen MR) is 51.5 cm³/mol. The van der Waals surface area contributed by atoms with Crippen LogP contribution in [0.3, 0.4) is 0 Å². The van der Waals surface area contributed by atoms with Crippen LogP contribution in [0.5, 0.6) is 0 Å². The van der Waals surface area contributed by atoms with Gasteiger partial charge in [0.1, 0.15) is 5.78 Å². The molecule has 68 valence electrons. The van der Waals surface area contributed by atoms with E-state index in [-0.39, 0.29) is 5.38 Å². The molecule has 0 radical (unpaired) electrons. The van der Waals surface area contributed by atoms with Gasteiger partial charge in [0.2, 0.25) is 0 Å². The van der Waals surface area contributed by atoms with E-state index in [0.717, 1.165) is 32.1 Å². The summed E-state index contributed by atoms with van der Waals surface area (Å²) in [5.41, 5.74) is 0. The molecule has 1 nitrogen and oxygen atoms in total. The summed E-state index contributed by atoms with van der Waals surface area (Å²) in [6.07, 6.45) is 9.36. The van der Waals surface area contributed by atoms with Crippen molar-refractivity contribution in [3.05, 3.63) is 12.2 Å². The molecule has 0 heterocycles. The number of hydrogen-bond acceptors (Lipinski definition) is 1. The number of carbonyl (C=O) groups is 1. The third-order valence-electron chi connectivity index (χ3n) is 2.13. The first-order chi connectivity index (χ1) is 5.79. The summed E-state index contributed by atoms with van der Waals surface area (Å²) < 4.78 is 0. The SMILES string of the molecule is O=C1C/C=C/CC(Cl)CCCC1. The largest absolute Gasteiger partial charge is 0.299 e. The summed E-state index contributed by atoms with van der Waals surface area (Å²) in [5.74, 6) is 0.360. The van der Waals surface area contributed by atoms with Gasteiger partial charge in [0, 0.05) is 18.2 Å². The Morgan fingerprint density at radius 1 is 1.33 bits per heavy atom. The first-order valence-electron chi connectivity index (χ1n) is 4.60. The lowest BCUT2D eigenvalue weighted by molar-refractivity contribution is -0.118. The second kappa shape index (κ2) is 5.36. The molecule has 0 saturated heterocycles. The number of halogens is 1. The molecule has 2 heteroatoms. The molecule has 0 aromatic carbocycles. The van der Waals surface area contributed by atoms with Crippen molar-refractivity contribution in [2.45, 2.75) is 43.9 Å². The molecule has 0 N–H and O–H groups in total. The van der Waals surface area contributed by atoms with Gasteiger partial charge in [-0.15, -0.1) is 11.6 Å². The molecule has 0 saturated carbocycles. The Morgan fingerprint density at radius 2 is 2.17 bits per heavy atom. The van der Waals surface area contributed by atoms with Gasteiger partial charge in [-0.05, 0) is 19.3 Å². The Labute approximate surface area is 78.8 Å². The lowest BCUT2D eigenvalue weighted by Gasteiger charge is -2.07. The fourth-order valence-corrected chi connectivity index (χ4v) is 1.62. The minimum absolute atomic E-state index is 0.273. The highest BCUT2D eigenvalue weighted by atomic mass is 35.5. The summed E-state index contributed by atoms with van der Waals surface area (Å²) in [4.78, 5) is 11.1. The van der Waals surface area contributed by atoms with Crippen LogP contribution in [-0.4, -0.2) is 11.2 Å². The smallest absolute Gasteiger partial charge is 0.136 e. The van der Waals surface area contributed by atoms with Gasteiger partial charge in [-0.3, -0.25) is 4.79 Å². The maximum absolute atomic E-state index is 11.1. The molecule has 0 fully saturated rings. The molecule has 0 aliphatic heterocycles. The van der Waals surface area contributed by atoms with E-state index in [4.69, 9.17) is 11.6 Å². The highest BCUT2D eigenvalue weighted by Crippen LogP contribution is 2.15. The molecular weight excluding hydrogens is 172 g/mol. The number of hydrogen-bond donors (Lipinski definition) is 0. The van der Waals surface area contributed by atoms with Gasteiger partial charge >= 0.3 is 0 Å². The normalized spacial score (nSPS) is 29.8. The van der Waals surface area contributed by atoms with E-state index in [9.17, 15) is 4.79 Å². The quantitative estimate of drug-likeness (QED) is 0.420. The number of rotatable bonds is 0. The highest BCUT2D eigenvalue weighted by Gasteiger charge is 2.05. The van der Waals surface area contributed by atoms with Crippen molar-refractivity contribution in [1.82, 2.24) is 0 Å². The van der Waals surface area contributed by atoms with E-state index in [1.807, 2.05) is 12.2 Å². The van der Waals surface area contributed by atoms with Crippen LogP contribution >= 0.6 is 11.6 Å². The van der Waals surface area contributed by atoms with E-state index in [1.54, 1.807) is 0 Å². The molecule has 0 spiro atoms. The van der Waals surface area contributed by atoms with Gasteiger partial charge in [-0.25, -0.2) is 0 Å². The fourth-order valence-electron chi connectivity index (χ4n) is 1.37. The number of alkyl halides is 1. The molecule has 0 aromatic rings. The van der Waals surface area contributed by atoms with Crippen LogP contribution < -0.4 is 0 Å². The van der Waals surface area contributed by atoms with Gasteiger partial charge < -0.3 is 0 Å². The van der Waals surface area contributed by atoms with Gasteiger partial charge in [-0.2, -0.15) is 0 Å². The second-order valence-corrected chi connectivity index (χ2v) is 3.91. The second-order valence-electron chi connectivity index (χ2n) is 3.29. The van der Waals surface area contributed by atoms with Gasteiger partial charge in [0.25, 0.3) is 0 Å². The van der Waals surface area contributed by atoms with E-state index in [0.29, 0.717) is 12.2 Å². The molecular formula is C10H15ClO. The molecule has 1 atom stereocenters. The summed E-state index contributed by atoms with van der Waals surface area (Å²) >= 11 is 6.02. The van der Waals surface area contributed by atoms with Crippen LogP contribution in [0.1, 0.15) is 38.5 Å². The summed E-state index contributed by atoms with van der Waals surface area (Å²) in [6, 6.07) is 0. The molecule has 0 bridgehead atoms. The molecule has 0 aromatic heterocycles. The number of Topliss-reactive ketones (excluding diaryl/α,β-unsaturated/α-hetero) is 1. The van der Waals surface area contributed by atoms with Crippen molar-refractivity contribution in [3.8, 4) is 0 Å². The van der Waals surface area contributed by atoms with Crippen molar-refractivity contribution in [3.63, 3.8) is 0 Å². The van der Waals surface area contributed by atoms with E-state index in [1.165, 1.54) is 0 Å². The summed E-state index contributed by atoms with van der Waals surface area (Å²) in [6.45, 7) is 0. The monoisotopic (exact) mass is 186 g/mol. The predicted octanol–water partition coefficient (Wildman–Crippen LogP) is 3.07. The van der Waals surface area contributed by atoms with Gasteiger partial charge in [0.05, 0.1) is 0 Å². The Kier molecular flexibility index (Phi) is 4.37. The van der Waals surface area contributed by atoms with Crippen LogP contribution in [0.2, 0.25) is 0 Å². The van der Waals surface area contributed by atoms with Crippen LogP contribution in [0.4, 0.5) is 0 Å².